The second-order valence-corrected chi connectivity index (χ2v) is 5.21. The van der Waals surface area contributed by atoms with Gasteiger partial charge in [-0.3, -0.25) is 11.3 Å². The van der Waals surface area contributed by atoms with Crippen LogP contribution in [0.1, 0.15) is 58.3 Å². The molecule has 16 heavy (non-hydrogen) atoms. The van der Waals surface area contributed by atoms with Crippen molar-refractivity contribution in [2.75, 3.05) is 0 Å². The highest BCUT2D eigenvalue weighted by Crippen LogP contribution is 2.34. The lowest BCUT2D eigenvalue weighted by Crippen LogP contribution is -2.42. The van der Waals surface area contributed by atoms with Gasteiger partial charge >= 0.3 is 0 Å². The molecule has 0 bridgehead atoms. The molecule has 3 N–H and O–H groups in total. The average molecular weight is 224 g/mol. The van der Waals surface area contributed by atoms with Crippen molar-refractivity contribution >= 4 is 0 Å². The standard InChI is InChI=1S/C14H28N2/c1-3-5-7-14(16-15)13-10-8-12(6-4-2)9-11-13/h3,12-14,16H,1,4-11,15H2,2H3. The zero-order valence-corrected chi connectivity index (χ0v) is 10.8. The molecule has 1 unspecified atom stereocenters. The molecule has 0 radical (unpaired) electrons. The van der Waals surface area contributed by atoms with Crippen LogP contribution in [-0.2, 0) is 0 Å². The SMILES string of the molecule is C=CCCC(NN)C1CCC(CCC)CC1. The molecule has 1 aliphatic carbocycles. The van der Waals surface area contributed by atoms with Crippen LogP contribution >= 0.6 is 0 Å². The third-order valence-electron chi connectivity index (χ3n) is 4.05. The van der Waals surface area contributed by atoms with Gasteiger partial charge < -0.3 is 0 Å². The molecule has 0 spiro atoms. The summed E-state index contributed by atoms with van der Waals surface area (Å²) in [4.78, 5) is 0. The summed E-state index contributed by atoms with van der Waals surface area (Å²) in [6, 6.07) is 0.501. The van der Waals surface area contributed by atoms with E-state index in [1.165, 1.54) is 38.5 Å². The van der Waals surface area contributed by atoms with E-state index in [9.17, 15) is 0 Å². The molecule has 0 aliphatic heterocycles. The maximum Gasteiger partial charge on any atom is 0.0241 e. The first-order valence-corrected chi connectivity index (χ1v) is 6.88. The number of rotatable bonds is 7. The summed E-state index contributed by atoms with van der Waals surface area (Å²) in [7, 11) is 0. The smallest absolute Gasteiger partial charge is 0.0241 e. The zero-order valence-electron chi connectivity index (χ0n) is 10.8. The van der Waals surface area contributed by atoms with Gasteiger partial charge in [0.05, 0.1) is 0 Å². The predicted octanol–water partition coefficient (Wildman–Crippen LogP) is 3.39. The Hall–Kier alpha value is -0.340. The number of nitrogens with two attached hydrogens (primary N) is 1. The molecular weight excluding hydrogens is 196 g/mol. The van der Waals surface area contributed by atoms with E-state index < -0.39 is 0 Å². The predicted molar refractivity (Wildman–Crippen MR) is 70.9 cm³/mol. The Morgan fingerprint density at radius 2 is 2.06 bits per heavy atom. The fourth-order valence-corrected chi connectivity index (χ4v) is 3.04. The molecule has 0 aromatic rings. The average Bonchev–Trinajstić information content (AvgIpc) is 2.32. The van der Waals surface area contributed by atoms with E-state index in [0.717, 1.165) is 24.7 Å². The molecule has 0 saturated heterocycles. The van der Waals surface area contributed by atoms with E-state index >= 15 is 0 Å². The van der Waals surface area contributed by atoms with Crippen LogP contribution in [0.5, 0.6) is 0 Å². The molecule has 0 aromatic carbocycles. The normalized spacial score (nSPS) is 27.6. The lowest BCUT2D eigenvalue weighted by molar-refractivity contribution is 0.208. The maximum absolute atomic E-state index is 5.65. The quantitative estimate of drug-likeness (QED) is 0.395. The van der Waals surface area contributed by atoms with Crippen LogP contribution in [-0.4, -0.2) is 6.04 Å². The van der Waals surface area contributed by atoms with Gasteiger partial charge in [0.25, 0.3) is 0 Å². The van der Waals surface area contributed by atoms with Gasteiger partial charge in [0.2, 0.25) is 0 Å². The number of hydrogen-bond donors (Lipinski definition) is 2. The first-order chi connectivity index (χ1) is 7.81. The number of allylic oxidation sites excluding steroid dienone is 1. The van der Waals surface area contributed by atoms with Crippen molar-refractivity contribution in [3.05, 3.63) is 12.7 Å². The molecule has 0 amide bonds. The summed E-state index contributed by atoms with van der Waals surface area (Å²) >= 11 is 0. The highest BCUT2D eigenvalue weighted by Gasteiger charge is 2.25. The highest BCUT2D eigenvalue weighted by atomic mass is 15.2. The lowest BCUT2D eigenvalue weighted by Gasteiger charge is -2.33. The molecule has 1 atom stereocenters. The van der Waals surface area contributed by atoms with Gasteiger partial charge in [-0.05, 0) is 37.5 Å². The van der Waals surface area contributed by atoms with Gasteiger partial charge in [-0.2, -0.15) is 0 Å². The molecule has 1 aliphatic rings. The van der Waals surface area contributed by atoms with Gasteiger partial charge in [0.15, 0.2) is 0 Å². The monoisotopic (exact) mass is 224 g/mol. The van der Waals surface area contributed by atoms with Crippen LogP contribution in [0.15, 0.2) is 12.7 Å². The maximum atomic E-state index is 5.65. The molecule has 1 fully saturated rings. The van der Waals surface area contributed by atoms with Crippen molar-refractivity contribution in [2.24, 2.45) is 17.7 Å². The molecule has 0 heterocycles. The number of hydrazine groups is 1. The van der Waals surface area contributed by atoms with Crippen molar-refractivity contribution in [2.45, 2.75) is 64.3 Å². The first-order valence-electron chi connectivity index (χ1n) is 6.88. The summed E-state index contributed by atoms with van der Waals surface area (Å²) in [6.07, 6.45) is 12.5. The van der Waals surface area contributed by atoms with E-state index in [2.05, 4.69) is 18.9 Å². The largest absolute Gasteiger partial charge is 0.271 e. The van der Waals surface area contributed by atoms with Crippen molar-refractivity contribution in [3.63, 3.8) is 0 Å². The Kier molecular flexibility index (Phi) is 6.74. The highest BCUT2D eigenvalue weighted by molar-refractivity contribution is 4.82. The van der Waals surface area contributed by atoms with Gasteiger partial charge in [-0.15, -0.1) is 6.58 Å². The Balaban J connectivity index is 2.29. The Morgan fingerprint density at radius 1 is 1.38 bits per heavy atom. The van der Waals surface area contributed by atoms with E-state index in [1.807, 2.05) is 6.08 Å². The van der Waals surface area contributed by atoms with Crippen LogP contribution in [0, 0.1) is 11.8 Å². The fourth-order valence-electron chi connectivity index (χ4n) is 3.04. The molecule has 2 nitrogen and oxygen atoms in total. The lowest BCUT2D eigenvalue weighted by atomic mass is 9.76. The number of nitrogens with one attached hydrogen (secondary N) is 1. The summed E-state index contributed by atoms with van der Waals surface area (Å²) in [6.45, 7) is 6.07. The minimum absolute atomic E-state index is 0.501. The van der Waals surface area contributed by atoms with E-state index in [0.29, 0.717) is 6.04 Å². The van der Waals surface area contributed by atoms with Gasteiger partial charge in [0, 0.05) is 6.04 Å². The van der Waals surface area contributed by atoms with Gasteiger partial charge in [0.1, 0.15) is 0 Å². The van der Waals surface area contributed by atoms with Crippen LogP contribution in [0.2, 0.25) is 0 Å². The summed E-state index contributed by atoms with van der Waals surface area (Å²) < 4.78 is 0. The summed E-state index contributed by atoms with van der Waals surface area (Å²) in [5.41, 5.74) is 3.01. The van der Waals surface area contributed by atoms with E-state index in [1.54, 1.807) is 0 Å². The van der Waals surface area contributed by atoms with Gasteiger partial charge in [-0.1, -0.05) is 38.7 Å². The van der Waals surface area contributed by atoms with Crippen molar-refractivity contribution < 1.29 is 0 Å². The van der Waals surface area contributed by atoms with Crippen LogP contribution in [0.4, 0.5) is 0 Å². The molecule has 1 saturated carbocycles. The van der Waals surface area contributed by atoms with Crippen molar-refractivity contribution in [1.29, 1.82) is 0 Å². The molecular formula is C14H28N2. The summed E-state index contributed by atoms with van der Waals surface area (Å²) in [5, 5.41) is 0. The zero-order chi connectivity index (χ0) is 11.8. The molecule has 0 aromatic heterocycles. The summed E-state index contributed by atoms with van der Waals surface area (Å²) in [5.74, 6) is 7.43. The second-order valence-electron chi connectivity index (χ2n) is 5.21. The Bertz CT molecular complexity index is 183. The van der Waals surface area contributed by atoms with Crippen LogP contribution in [0.3, 0.4) is 0 Å². The Labute approximate surface area is 101 Å². The minimum Gasteiger partial charge on any atom is -0.271 e. The van der Waals surface area contributed by atoms with Crippen LogP contribution in [0.25, 0.3) is 0 Å². The first kappa shape index (κ1) is 13.7. The van der Waals surface area contributed by atoms with Crippen molar-refractivity contribution in [1.82, 2.24) is 5.43 Å². The minimum atomic E-state index is 0.501. The molecule has 2 heteroatoms. The van der Waals surface area contributed by atoms with E-state index in [4.69, 9.17) is 5.84 Å². The number of hydrogen-bond acceptors (Lipinski definition) is 2. The Morgan fingerprint density at radius 3 is 2.56 bits per heavy atom. The topological polar surface area (TPSA) is 38.0 Å². The third kappa shape index (κ3) is 4.26. The molecule has 94 valence electrons. The third-order valence-corrected chi connectivity index (χ3v) is 4.05. The van der Waals surface area contributed by atoms with E-state index in [-0.39, 0.29) is 0 Å². The second kappa shape index (κ2) is 7.86. The molecule has 1 rings (SSSR count). The van der Waals surface area contributed by atoms with Crippen LogP contribution < -0.4 is 11.3 Å². The van der Waals surface area contributed by atoms with Crippen molar-refractivity contribution in [3.8, 4) is 0 Å². The fraction of sp³-hybridized carbons (Fsp3) is 0.857. The van der Waals surface area contributed by atoms with Gasteiger partial charge in [-0.25, -0.2) is 0 Å².